The molecule has 0 bridgehead atoms. The number of rotatable bonds is 5. The molecule has 1 aromatic carbocycles. The van der Waals surface area contributed by atoms with Crippen LogP contribution in [0.5, 0.6) is 5.75 Å². The Morgan fingerprint density at radius 2 is 2.00 bits per heavy atom. The van der Waals surface area contributed by atoms with Gasteiger partial charge in [-0.3, -0.25) is 0 Å². The second-order valence-corrected chi connectivity index (χ2v) is 4.26. The molecule has 0 amide bonds. The summed E-state index contributed by atoms with van der Waals surface area (Å²) in [6, 6.07) is 6.33. The molecule has 0 spiro atoms. The molecule has 0 unspecified atom stereocenters. The average Bonchev–Trinajstić information content (AvgIpc) is 2.20. The van der Waals surface area contributed by atoms with Gasteiger partial charge in [-0.05, 0) is 42.6 Å². The van der Waals surface area contributed by atoms with Gasteiger partial charge in [-0.1, -0.05) is 19.9 Å². The summed E-state index contributed by atoms with van der Waals surface area (Å²) in [6.45, 7) is 5.39. The van der Waals surface area contributed by atoms with E-state index in [1.54, 1.807) is 7.11 Å². The first-order valence-electron chi connectivity index (χ1n) is 5.47. The summed E-state index contributed by atoms with van der Waals surface area (Å²) in [6.07, 6.45) is 1.13. The van der Waals surface area contributed by atoms with E-state index in [9.17, 15) is 0 Å². The van der Waals surface area contributed by atoms with E-state index in [1.165, 1.54) is 11.1 Å². The summed E-state index contributed by atoms with van der Waals surface area (Å²) in [4.78, 5) is 0. The third-order valence-corrected chi connectivity index (χ3v) is 2.41. The molecule has 1 N–H and O–H groups in total. The number of hydrogen-bond donors (Lipinski definition) is 1. The van der Waals surface area contributed by atoms with E-state index in [-0.39, 0.29) is 0 Å². The van der Waals surface area contributed by atoms with Crippen molar-refractivity contribution in [2.75, 3.05) is 14.2 Å². The fourth-order valence-corrected chi connectivity index (χ4v) is 1.72. The van der Waals surface area contributed by atoms with E-state index in [0.29, 0.717) is 5.92 Å². The Balaban J connectivity index is 2.92. The molecular formula is C13H21NO. The number of methoxy groups -OCH3 is 1. The number of ether oxygens (including phenoxy) is 1. The Kier molecular flexibility index (Phi) is 4.63. The molecule has 84 valence electrons. The number of nitrogens with one attached hydrogen (secondary N) is 1. The fourth-order valence-electron chi connectivity index (χ4n) is 1.72. The van der Waals surface area contributed by atoms with Crippen molar-refractivity contribution in [1.29, 1.82) is 0 Å². The maximum absolute atomic E-state index is 5.23. The van der Waals surface area contributed by atoms with E-state index in [4.69, 9.17) is 4.74 Å². The van der Waals surface area contributed by atoms with E-state index in [2.05, 4.69) is 31.3 Å². The molecule has 0 aliphatic heterocycles. The first kappa shape index (κ1) is 12.1. The van der Waals surface area contributed by atoms with Crippen molar-refractivity contribution >= 4 is 0 Å². The molecule has 1 aromatic rings. The minimum Gasteiger partial charge on any atom is -0.497 e. The van der Waals surface area contributed by atoms with Gasteiger partial charge in [0.2, 0.25) is 0 Å². The lowest BCUT2D eigenvalue weighted by atomic mass is 9.97. The first-order valence-corrected chi connectivity index (χ1v) is 5.47. The van der Waals surface area contributed by atoms with Crippen LogP contribution in [0.1, 0.15) is 25.0 Å². The van der Waals surface area contributed by atoms with Gasteiger partial charge in [-0.2, -0.15) is 0 Å². The smallest absolute Gasteiger partial charge is 0.119 e. The first-order chi connectivity index (χ1) is 7.17. The Labute approximate surface area is 92.6 Å². The lowest BCUT2D eigenvalue weighted by Gasteiger charge is -2.12. The molecule has 0 aromatic heterocycles. The zero-order valence-electron chi connectivity index (χ0n) is 10.1. The lowest BCUT2D eigenvalue weighted by Crippen LogP contribution is -2.09. The van der Waals surface area contributed by atoms with E-state index in [0.717, 1.165) is 18.7 Å². The van der Waals surface area contributed by atoms with Gasteiger partial charge in [-0.25, -0.2) is 0 Å². The predicted octanol–water partition coefficient (Wildman–Crippen LogP) is 2.61. The molecule has 2 nitrogen and oxygen atoms in total. The van der Waals surface area contributed by atoms with Crippen LogP contribution in [0.2, 0.25) is 0 Å². The van der Waals surface area contributed by atoms with Crippen LogP contribution in [0.25, 0.3) is 0 Å². The topological polar surface area (TPSA) is 21.3 Å². The highest BCUT2D eigenvalue weighted by atomic mass is 16.5. The van der Waals surface area contributed by atoms with Crippen LogP contribution in [0.15, 0.2) is 18.2 Å². The highest BCUT2D eigenvalue weighted by Gasteiger charge is 2.05. The quantitative estimate of drug-likeness (QED) is 0.801. The molecule has 0 atom stereocenters. The minimum atomic E-state index is 0.689. The van der Waals surface area contributed by atoms with Gasteiger partial charge in [0.25, 0.3) is 0 Å². The molecular weight excluding hydrogens is 186 g/mol. The van der Waals surface area contributed by atoms with E-state index >= 15 is 0 Å². The Hall–Kier alpha value is -1.02. The molecule has 0 heterocycles. The lowest BCUT2D eigenvalue weighted by molar-refractivity contribution is 0.413. The Bertz CT molecular complexity index is 307. The normalized spacial score (nSPS) is 10.7. The van der Waals surface area contributed by atoms with Crippen molar-refractivity contribution in [3.8, 4) is 5.75 Å². The summed E-state index contributed by atoms with van der Waals surface area (Å²) in [5.41, 5.74) is 2.76. The van der Waals surface area contributed by atoms with Gasteiger partial charge in [-0.15, -0.1) is 0 Å². The van der Waals surface area contributed by atoms with Crippen molar-refractivity contribution in [1.82, 2.24) is 5.32 Å². The van der Waals surface area contributed by atoms with Crippen LogP contribution >= 0.6 is 0 Å². The van der Waals surface area contributed by atoms with Gasteiger partial charge < -0.3 is 10.1 Å². The van der Waals surface area contributed by atoms with Crippen molar-refractivity contribution in [3.63, 3.8) is 0 Å². The maximum Gasteiger partial charge on any atom is 0.119 e. The van der Waals surface area contributed by atoms with Crippen LogP contribution < -0.4 is 10.1 Å². The highest BCUT2D eigenvalue weighted by Crippen LogP contribution is 2.20. The molecule has 0 saturated carbocycles. The molecule has 0 fully saturated rings. The average molecular weight is 207 g/mol. The van der Waals surface area contributed by atoms with Gasteiger partial charge in [0.1, 0.15) is 5.75 Å². The molecule has 0 aliphatic carbocycles. The standard InChI is InChI=1S/C13H21NO/c1-10(2)7-11-5-6-13(15-4)8-12(11)9-14-3/h5-6,8,10,14H,7,9H2,1-4H3. The predicted molar refractivity (Wildman–Crippen MR) is 64.3 cm³/mol. The van der Waals surface area contributed by atoms with Crippen molar-refractivity contribution < 1.29 is 4.74 Å². The zero-order chi connectivity index (χ0) is 11.3. The second-order valence-electron chi connectivity index (χ2n) is 4.26. The maximum atomic E-state index is 5.23. The summed E-state index contributed by atoms with van der Waals surface area (Å²) >= 11 is 0. The van der Waals surface area contributed by atoms with E-state index in [1.807, 2.05) is 13.1 Å². The molecule has 0 saturated heterocycles. The van der Waals surface area contributed by atoms with Crippen molar-refractivity contribution in [2.45, 2.75) is 26.8 Å². The summed E-state index contributed by atoms with van der Waals surface area (Å²) < 4.78 is 5.23. The summed E-state index contributed by atoms with van der Waals surface area (Å²) in [5, 5.41) is 3.19. The van der Waals surface area contributed by atoms with Crippen molar-refractivity contribution in [3.05, 3.63) is 29.3 Å². The SMILES string of the molecule is CNCc1cc(OC)ccc1CC(C)C. The highest BCUT2D eigenvalue weighted by molar-refractivity contribution is 5.36. The molecule has 15 heavy (non-hydrogen) atoms. The monoisotopic (exact) mass is 207 g/mol. The Morgan fingerprint density at radius 1 is 1.27 bits per heavy atom. The number of benzene rings is 1. The largest absolute Gasteiger partial charge is 0.497 e. The van der Waals surface area contributed by atoms with Crippen molar-refractivity contribution in [2.24, 2.45) is 5.92 Å². The minimum absolute atomic E-state index is 0.689. The van der Waals surface area contributed by atoms with Gasteiger partial charge >= 0.3 is 0 Å². The van der Waals surface area contributed by atoms with Crippen LogP contribution in [0.4, 0.5) is 0 Å². The Morgan fingerprint density at radius 3 is 2.53 bits per heavy atom. The molecule has 0 aliphatic rings. The third-order valence-electron chi connectivity index (χ3n) is 2.41. The number of hydrogen-bond acceptors (Lipinski definition) is 2. The molecule has 2 heteroatoms. The summed E-state index contributed by atoms with van der Waals surface area (Å²) in [7, 11) is 3.68. The van der Waals surface area contributed by atoms with Crippen LogP contribution in [0.3, 0.4) is 0 Å². The van der Waals surface area contributed by atoms with Crippen LogP contribution in [-0.4, -0.2) is 14.2 Å². The van der Waals surface area contributed by atoms with Gasteiger partial charge in [0, 0.05) is 6.54 Å². The molecule has 0 radical (unpaired) electrons. The van der Waals surface area contributed by atoms with E-state index < -0.39 is 0 Å². The van der Waals surface area contributed by atoms with Gasteiger partial charge in [0.05, 0.1) is 7.11 Å². The second kappa shape index (κ2) is 5.76. The summed E-state index contributed by atoms with van der Waals surface area (Å²) in [5.74, 6) is 1.63. The fraction of sp³-hybridized carbons (Fsp3) is 0.538. The van der Waals surface area contributed by atoms with Crippen LogP contribution in [-0.2, 0) is 13.0 Å². The molecule has 1 rings (SSSR count). The zero-order valence-corrected chi connectivity index (χ0v) is 10.1. The van der Waals surface area contributed by atoms with Gasteiger partial charge in [0.15, 0.2) is 0 Å². The third kappa shape index (κ3) is 3.56. The van der Waals surface area contributed by atoms with Crippen LogP contribution in [0, 0.1) is 5.92 Å².